The van der Waals surface area contributed by atoms with Crippen LogP contribution in [0, 0.1) is 18.3 Å². The number of aromatic nitrogens is 3. The number of rotatable bonds is 3. The number of pyridine rings is 1. The molecule has 3 rings (SSSR count). The smallest absolute Gasteiger partial charge is 0.164 e. The zero-order valence-electron chi connectivity index (χ0n) is 11.5. The van der Waals surface area contributed by atoms with Gasteiger partial charge >= 0.3 is 0 Å². The van der Waals surface area contributed by atoms with Crippen LogP contribution in [0.3, 0.4) is 0 Å². The molecule has 1 aromatic carbocycles. The van der Waals surface area contributed by atoms with E-state index in [9.17, 15) is 0 Å². The Labute approximate surface area is 127 Å². The third-order valence-corrected chi connectivity index (χ3v) is 3.45. The highest BCUT2D eigenvalue weighted by molar-refractivity contribution is 6.17. The van der Waals surface area contributed by atoms with E-state index in [1.807, 2.05) is 41.8 Å². The lowest BCUT2D eigenvalue weighted by atomic mass is 10.2. The minimum absolute atomic E-state index is 0.486. The van der Waals surface area contributed by atoms with Crippen LogP contribution in [0.15, 0.2) is 36.4 Å². The zero-order valence-corrected chi connectivity index (χ0v) is 12.3. The molecule has 0 amide bonds. The normalized spacial score (nSPS) is 10.7. The van der Waals surface area contributed by atoms with Crippen LogP contribution < -0.4 is 0 Å². The Kier molecular flexibility index (Phi) is 3.59. The molecule has 104 valence electrons. The van der Waals surface area contributed by atoms with Gasteiger partial charge in [-0.3, -0.25) is 4.57 Å². The molecule has 0 radical (unpaired) electrons. The van der Waals surface area contributed by atoms with E-state index in [1.165, 1.54) is 0 Å². The fraction of sp³-hybridized carbons (Fsp3) is 0.188. The highest BCUT2D eigenvalue weighted by Gasteiger charge is 2.13. The molecule has 0 atom stereocenters. The van der Waals surface area contributed by atoms with E-state index in [4.69, 9.17) is 16.9 Å². The Morgan fingerprint density at radius 3 is 2.86 bits per heavy atom. The van der Waals surface area contributed by atoms with Gasteiger partial charge in [0.05, 0.1) is 17.3 Å². The maximum atomic E-state index is 9.08. The molecule has 3 aromatic rings. The van der Waals surface area contributed by atoms with Gasteiger partial charge in [-0.2, -0.15) is 5.26 Å². The number of fused-ring (bicyclic) bond motifs is 1. The van der Waals surface area contributed by atoms with Crippen molar-refractivity contribution in [1.29, 1.82) is 5.26 Å². The van der Waals surface area contributed by atoms with Crippen molar-refractivity contribution in [2.24, 2.45) is 0 Å². The second-order valence-corrected chi connectivity index (χ2v) is 5.14. The van der Waals surface area contributed by atoms with E-state index < -0.39 is 0 Å². The quantitative estimate of drug-likeness (QED) is 0.696. The van der Waals surface area contributed by atoms with E-state index in [2.05, 4.69) is 16.0 Å². The third-order valence-electron chi connectivity index (χ3n) is 3.26. The highest BCUT2D eigenvalue weighted by Crippen LogP contribution is 2.22. The molecule has 0 aliphatic rings. The van der Waals surface area contributed by atoms with Crippen molar-refractivity contribution >= 4 is 22.8 Å². The van der Waals surface area contributed by atoms with Crippen molar-refractivity contribution < 1.29 is 0 Å². The summed E-state index contributed by atoms with van der Waals surface area (Å²) in [5.41, 5.74) is 4.05. The summed E-state index contributed by atoms with van der Waals surface area (Å²) in [6, 6.07) is 13.5. The van der Waals surface area contributed by atoms with Crippen LogP contribution >= 0.6 is 11.6 Å². The number of aryl methyl sites for hydroxylation is 2. The number of hydrogen-bond donors (Lipinski definition) is 0. The first-order valence-corrected chi connectivity index (χ1v) is 7.18. The molecule has 0 saturated carbocycles. The van der Waals surface area contributed by atoms with Crippen molar-refractivity contribution in [3.63, 3.8) is 0 Å². The SMILES string of the molecule is Cc1ccc2nc(CCCl)n(-c3cccc(C#N)c3)c2n1. The third kappa shape index (κ3) is 2.48. The highest BCUT2D eigenvalue weighted by atomic mass is 35.5. The number of halogens is 1. The lowest BCUT2D eigenvalue weighted by molar-refractivity contribution is 0.903. The van der Waals surface area contributed by atoms with Gasteiger partial charge in [-0.25, -0.2) is 9.97 Å². The maximum Gasteiger partial charge on any atom is 0.164 e. The largest absolute Gasteiger partial charge is 0.281 e. The van der Waals surface area contributed by atoms with Gasteiger partial charge in [0.1, 0.15) is 11.3 Å². The van der Waals surface area contributed by atoms with Crippen molar-refractivity contribution in [3.05, 3.63) is 53.5 Å². The van der Waals surface area contributed by atoms with Crippen molar-refractivity contribution in [2.75, 3.05) is 5.88 Å². The molecule has 21 heavy (non-hydrogen) atoms. The Balaban J connectivity index is 2.30. The van der Waals surface area contributed by atoms with Crippen LogP contribution in [-0.4, -0.2) is 20.4 Å². The molecule has 0 unspecified atom stereocenters. The molecule has 0 saturated heterocycles. The summed E-state index contributed by atoms with van der Waals surface area (Å²) < 4.78 is 1.98. The number of nitriles is 1. The predicted octanol–water partition coefficient (Wildman–Crippen LogP) is 3.38. The lowest BCUT2D eigenvalue weighted by Gasteiger charge is -2.08. The van der Waals surface area contributed by atoms with Crippen LogP contribution in [0.2, 0.25) is 0 Å². The number of nitrogens with zero attached hydrogens (tertiary/aromatic N) is 4. The molecular weight excluding hydrogens is 284 g/mol. The van der Waals surface area contributed by atoms with Crippen molar-refractivity contribution in [3.8, 4) is 11.8 Å². The van der Waals surface area contributed by atoms with E-state index >= 15 is 0 Å². The van der Waals surface area contributed by atoms with Gasteiger partial charge in [0, 0.05) is 18.0 Å². The molecule has 0 N–H and O–H groups in total. The van der Waals surface area contributed by atoms with Crippen LogP contribution in [0.5, 0.6) is 0 Å². The fourth-order valence-corrected chi connectivity index (χ4v) is 2.51. The van der Waals surface area contributed by atoms with Crippen LogP contribution in [0.1, 0.15) is 17.1 Å². The molecule has 0 aliphatic heterocycles. The maximum absolute atomic E-state index is 9.08. The first-order chi connectivity index (χ1) is 10.2. The Morgan fingerprint density at radius 1 is 1.24 bits per heavy atom. The summed E-state index contributed by atoms with van der Waals surface area (Å²) >= 11 is 5.89. The fourth-order valence-electron chi connectivity index (χ4n) is 2.34. The van der Waals surface area contributed by atoms with Crippen LogP contribution in [0.25, 0.3) is 16.9 Å². The van der Waals surface area contributed by atoms with E-state index in [-0.39, 0.29) is 0 Å². The minimum atomic E-state index is 0.486. The van der Waals surface area contributed by atoms with E-state index in [0.29, 0.717) is 17.9 Å². The zero-order chi connectivity index (χ0) is 14.8. The lowest BCUT2D eigenvalue weighted by Crippen LogP contribution is -2.03. The topological polar surface area (TPSA) is 54.5 Å². The molecule has 0 bridgehead atoms. The van der Waals surface area contributed by atoms with Gasteiger partial charge in [-0.15, -0.1) is 11.6 Å². The Hall–Kier alpha value is -2.38. The number of alkyl halides is 1. The molecule has 0 spiro atoms. The van der Waals surface area contributed by atoms with Gasteiger partial charge in [0.15, 0.2) is 5.65 Å². The minimum Gasteiger partial charge on any atom is -0.281 e. The van der Waals surface area contributed by atoms with Crippen LogP contribution in [0.4, 0.5) is 0 Å². The summed E-state index contributed by atoms with van der Waals surface area (Å²) in [6.07, 6.45) is 0.647. The van der Waals surface area contributed by atoms with Gasteiger partial charge in [0.2, 0.25) is 0 Å². The van der Waals surface area contributed by atoms with Gasteiger partial charge in [-0.05, 0) is 37.3 Å². The monoisotopic (exact) mass is 296 g/mol. The number of imidazole rings is 1. The molecule has 0 aliphatic carbocycles. The number of benzene rings is 1. The van der Waals surface area contributed by atoms with E-state index in [1.54, 1.807) is 6.07 Å². The molecule has 0 fully saturated rings. The van der Waals surface area contributed by atoms with Gasteiger partial charge in [-0.1, -0.05) is 6.07 Å². The molecule has 2 heterocycles. The first kappa shape index (κ1) is 13.6. The second kappa shape index (κ2) is 5.55. The standard InChI is InChI=1S/C16H13ClN4/c1-11-5-6-14-16(19-11)21(15(20-14)7-8-17)13-4-2-3-12(9-13)10-18/h2-6,9H,7-8H2,1H3. The first-order valence-electron chi connectivity index (χ1n) is 6.64. The van der Waals surface area contributed by atoms with E-state index in [0.717, 1.165) is 28.4 Å². The predicted molar refractivity (Wildman–Crippen MR) is 82.7 cm³/mol. The van der Waals surface area contributed by atoms with Crippen molar-refractivity contribution in [2.45, 2.75) is 13.3 Å². The van der Waals surface area contributed by atoms with Crippen LogP contribution in [-0.2, 0) is 6.42 Å². The average molecular weight is 297 g/mol. The van der Waals surface area contributed by atoms with Crippen molar-refractivity contribution in [1.82, 2.24) is 14.5 Å². The Bertz CT molecular complexity index is 845. The average Bonchev–Trinajstić information content (AvgIpc) is 2.85. The summed E-state index contributed by atoms with van der Waals surface area (Å²) in [5, 5.41) is 9.08. The molecule has 5 heteroatoms. The van der Waals surface area contributed by atoms with Gasteiger partial charge < -0.3 is 0 Å². The molecule has 2 aromatic heterocycles. The summed E-state index contributed by atoms with van der Waals surface area (Å²) in [5.74, 6) is 1.34. The molecule has 4 nitrogen and oxygen atoms in total. The second-order valence-electron chi connectivity index (χ2n) is 4.76. The Morgan fingerprint density at radius 2 is 2.10 bits per heavy atom. The summed E-state index contributed by atoms with van der Waals surface area (Å²) in [6.45, 7) is 1.95. The molecular formula is C16H13ClN4. The number of hydrogen-bond acceptors (Lipinski definition) is 3. The summed E-state index contributed by atoms with van der Waals surface area (Å²) in [7, 11) is 0. The van der Waals surface area contributed by atoms with Gasteiger partial charge in [0.25, 0.3) is 0 Å². The summed E-state index contributed by atoms with van der Waals surface area (Å²) in [4.78, 5) is 9.19.